The summed E-state index contributed by atoms with van der Waals surface area (Å²) in [5.41, 5.74) is 3.54. The topological polar surface area (TPSA) is 30.4 Å². The van der Waals surface area contributed by atoms with E-state index in [4.69, 9.17) is 4.42 Å². The van der Waals surface area contributed by atoms with E-state index in [2.05, 4.69) is 12.0 Å². The minimum atomic E-state index is -0.247. The third-order valence-electron chi connectivity index (χ3n) is 2.83. The minimum absolute atomic E-state index is 0.247. The summed E-state index contributed by atoms with van der Waals surface area (Å²) in [5.74, 6) is -0.247. The number of hydrogen-bond acceptors (Lipinski definition) is 2. The van der Waals surface area contributed by atoms with Crippen LogP contribution in [0.5, 0.6) is 0 Å². The number of oxazole rings is 1. The molecule has 0 atom stereocenters. The minimum Gasteiger partial charge on any atom is -0.444 e. The van der Waals surface area contributed by atoms with Crippen molar-refractivity contribution in [1.82, 2.24) is 9.61 Å². The molecule has 0 spiro atoms. The van der Waals surface area contributed by atoms with Gasteiger partial charge in [0.1, 0.15) is 17.8 Å². The van der Waals surface area contributed by atoms with Crippen molar-refractivity contribution in [1.29, 1.82) is 0 Å². The summed E-state index contributed by atoms with van der Waals surface area (Å²) in [4.78, 5) is 0. The van der Waals surface area contributed by atoms with E-state index in [0.717, 1.165) is 29.0 Å². The van der Waals surface area contributed by atoms with E-state index in [1.165, 1.54) is 12.1 Å². The van der Waals surface area contributed by atoms with Gasteiger partial charge in [-0.05, 0) is 30.7 Å². The smallest absolute Gasteiger partial charge is 0.225 e. The van der Waals surface area contributed by atoms with Gasteiger partial charge in [0.25, 0.3) is 0 Å². The van der Waals surface area contributed by atoms with Crippen molar-refractivity contribution >= 4 is 5.71 Å². The van der Waals surface area contributed by atoms with Crippen LogP contribution in [0.2, 0.25) is 0 Å². The number of hydrogen-bond donors (Lipinski definition) is 0. The van der Waals surface area contributed by atoms with Crippen molar-refractivity contribution in [2.75, 3.05) is 0 Å². The van der Waals surface area contributed by atoms with Crippen LogP contribution in [0, 0.1) is 5.82 Å². The predicted molar refractivity (Wildman–Crippen MR) is 62.2 cm³/mol. The Balaban J connectivity index is 2.17. The molecule has 86 valence electrons. The molecule has 0 saturated carbocycles. The molecule has 0 amide bonds. The van der Waals surface area contributed by atoms with Crippen LogP contribution in [0.3, 0.4) is 0 Å². The van der Waals surface area contributed by atoms with Gasteiger partial charge < -0.3 is 4.42 Å². The lowest BCUT2D eigenvalue weighted by Crippen LogP contribution is -1.87. The van der Waals surface area contributed by atoms with Gasteiger partial charge in [0.05, 0.1) is 6.20 Å². The third kappa shape index (κ3) is 1.53. The molecular weight excluding hydrogens is 219 g/mol. The molecule has 0 unspecified atom stereocenters. The van der Waals surface area contributed by atoms with Gasteiger partial charge in [-0.15, -0.1) is 0 Å². The summed E-state index contributed by atoms with van der Waals surface area (Å²) in [6.07, 6.45) is 4.32. The molecule has 0 radical (unpaired) electrons. The maximum atomic E-state index is 12.9. The second-order valence-corrected chi connectivity index (χ2v) is 3.87. The van der Waals surface area contributed by atoms with Crippen LogP contribution in [0.15, 0.2) is 41.1 Å². The predicted octanol–water partition coefficient (Wildman–Crippen LogP) is 3.30. The molecule has 2 aromatic heterocycles. The van der Waals surface area contributed by atoms with Gasteiger partial charge in [0.15, 0.2) is 0 Å². The molecule has 3 nitrogen and oxygen atoms in total. The first kappa shape index (κ1) is 10.1. The first-order chi connectivity index (χ1) is 8.29. The molecule has 0 fully saturated rings. The Kier molecular flexibility index (Phi) is 2.21. The van der Waals surface area contributed by atoms with Crippen molar-refractivity contribution in [3.63, 3.8) is 0 Å². The van der Waals surface area contributed by atoms with Crippen molar-refractivity contribution in [3.05, 3.63) is 48.1 Å². The van der Waals surface area contributed by atoms with Crippen LogP contribution < -0.4 is 0 Å². The van der Waals surface area contributed by atoms with Gasteiger partial charge in [-0.1, -0.05) is 6.92 Å². The van der Waals surface area contributed by atoms with Crippen LogP contribution in [0.4, 0.5) is 4.39 Å². The fourth-order valence-corrected chi connectivity index (χ4v) is 1.88. The number of fused-ring (bicyclic) bond motifs is 1. The first-order valence-corrected chi connectivity index (χ1v) is 5.49. The summed E-state index contributed by atoms with van der Waals surface area (Å²) in [6.45, 7) is 2.05. The second-order valence-electron chi connectivity index (χ2n) is 3.87. The van der Waals surface area contributed by atoms with Crippen molar-refractivity contribution in [2.45, 2.75) is 13.3 Å². The van der Waals surface area contributed by atoms with E-state index in [1.54, 1.807) is 29.1 Å². The lowest BCUT2D eigenvalue weighted by atomic mass is 10.2. The van der Waals surface area contributed by atoms with Crippen molar-refractivity contribution in [3.8, 4) is 11.3 Å². The lowest BCUT2D eigenvalue weighted by Gasteiger charge is -1.96. The third-order valence-corrected chi connectivity index (χ3v) is 2.83. The van der Waals surface area contributed by atoms with Crippen LogP contribution in [0.25, 0.3) is 17.0 Å². The number of aromatic nitrogens is 2. The van der Waals surface area contributed by atoms with Crippen LogP contribution in [0.1, 0.15) is 12.5 Å². The molecule has 0 aliphatic rings. The fourth-order valence-electron chi connectivity index (χ4n) is 1.88. The molecule has 0 saturated heterocycles. The van der Waals surface area contributed by atoms with E-state index in [9.17, 15) is 4.39 Å². The molecular formula is C13H11FN2O. The molecule has 2 heterocycles. The summed E-state index contributed by atoms with van der Waals surface area (Å²) in [7, 11) is 0. The van der Waals surface area contributed by atoms with Gasteiger partial charge in [-0.2, -0.15) is 9.61 Å². The average molecular weight is 230 g/mol. The molecule has 1 aromatic carbocycles. The number of rotatable bonds is 2. The van der Waals surface area contributed by atoms with Gasteiger partial charge in [-0.25, -0.2) is 4.39 Å². The Bertz CT molecular complexity index is 652. The fraction of sp³-hybridized carbons (Fsp3) is 0.154. The zero-order chi connectivity index (χ0) is 11.8. The molecule has 17 heavy (non-hydrogen) atoms. The van der Waals surface area contributed by atoms with E-state index in [1.807, 2.05) is 0 Å². The SMILES string of the molecule is CCc1cnn2c(-c3ccc(F)cc3)coc12. The average Bonchev–Trinajstić information content (AvgIpc) is 2.91. The number of benzene rings is 1. The summed E-state index contributed by atoms with van der Waals surface area (Å²) in [6, 6.07) is 6.29. The van der Waals surface area contributed by atoms with Crippen molar-refractivity contribution in [2.24, 2.45) is 0 Å². The Morgan fingerprint density at radius 1 is 1.29 bits per heavy atom. The van der Waals surface area contributed by atoms with E-state index >= 15 is 0 Å². The standard InChI is InChI=1S/C13H11FN2O/c1-2-9-7-15-16-12(8-17-13(9)16)10-3-5-11(14)6-4-10/h3-8H,2H2,1H3. The monoisotopic (exact) mass is 230 g/mol. The Morgan fingerprint density at radius 3 is 2.76 bits per heavy atom. The molecule has 0 bridgehead atoms. The first-order valence-electron chi connectivity index (χ1n) is 5.49. The highest BCUT2D eigenvalue weighted by Crippen LogP contribution is 2.24. The zero-order valence-electron chi connectivity index (χ0n) is 9.35. The van der Waals surface area contributed by atoms with Crippen LogP contribution >= 0.6 is 0 Å². The molecule has 0 aliphatic heterocycles. The van der Waals surface area contributed by atoms with E-state index in [0.29, 0.717) is 0 Å². The summed E-state index contributed by atoms with van der Waals surface area (Å²) >= 11 is 0. The molecule has 0 aliphatic carbocycles. The summed E-state index contributed by atoms with van der Waals surface area (Å²) in [5, 5.41) is 4.28. The molecule has 0 N–H and O–H groups in total. The maximum Gasteiger partial charge on any atom is 0.225 e. The maximum absolute atomic E-state index is 12.9. The number of nitrogens with zero attached hydrogens (tertiary/aromatic N) is 2. The number of aryl methyl sites for hydroxylation is 1. The second kappa shape index (κ2) is 3.73. The zero-order valence-corrected chi connectivity index (χ0v) is 9.35. The highest BCUT2D eigenvalue weighted by atomic mass is 19.1. The number of halogens is 1. The Hall–Kier alpha value is -2.10. The molecule has 3 rings (SSSR count). The Morgan fingerprint density at radius 2 is 2.06 bits per heavy atom. The quantitative estimate of drug-likeness (QED) is 0.676. The van der Waals surface area contributed by atoms with Crippen LogP contribution in [-0.2, 0) is 6.42 Å². The van der Waals surface area contributed by atoms with Gasteiger partial charge in [-0.3, -0.25) is 0 Å². The van der Waals surface area contributed by atoms with Crippen LogP contribution in [-0.4, -0.2) is 9.61 Å². The van der Waals surface area contributed by atoms with Gasteiger partial charge in [0, 0.05) is 11.1 Å². The lowest BCUT2D eigenvalue weighted by molar-refractivity contribution is 0.602. The molecule has 4 heteroatoms. The Labute approximate surface area is 97.5 Å². The van der Waals surface area contributed by atoms with E-state index < -0.39 is 0 Å². The normalized spacial score (nSPS) is 11.2. The summed E-state index contributed by atoms with van der Waals surface area (Å²) < 4.78 is 20.1. The highest BCUT2D eigenvalue weighted by molar-refractivity contribution is 5.62. The van der Waals surface area contributed by atoms with Gasteiger partial charge in [0.2, 0.25) is 5.71 Å². The molecule has 3 aromatic rings. The largest absolute Gasteiger partial charge is 0.444 e. The van der Waals surface area contributed by atoms with E-state index in [-0.39, 0.29) is 5.82 Å². The van der Waals surface area contributed by atoms with Crippen molar-refractivity contribution < 1.29 is 8.81 Å². The highest BCUT2D eigenvalue weighted by Gasteiger charge is 2.12. The van der Waals surface area contributed by atoms with Gasteiger partial charge >= 0.3 is 0 Å².